The van der Waals surface area contributed by atoms with Crippen LogP contribution in [0.25, 0.3) is 0 Å². The average molecular weight is 482 g/mol. The summed E-state index contributed by atoms with van der Waals surface area (Å²) < 4.78 is 6.23. The first-order chi connectivity index (χ1) is 17.3. The summed E-state index contributed by atoms with van der Waals surface area (Å²) >= 11 is 0. The number of non-ortho nitro benzene ring substituents is 1. The largest absolute Gasteiger partial charge is 0.349 e. The van der Waals surface area contributed by atoms with Crippen LogP contribution in [0.5, 0.6) is 0 Å². The molecule has 3 atom stereocenters. The van der Waals surface area contributed by atoms with Gasteiger partial charge in [0.25, 0.3) is 5.69 Å². The predicted octanol–water partition coefficient (Wildman–Crippen LogP) is 3.60. The molecule has 36 heavy (non-hydrogen) atoms. The number of rotatable bonds is 3. The lowest BCUT2D eigenvalue weighted by Crippen LogP contribution is -2.51. The third-order valence-corrected chi connectivity index (χ3v) is 7.24. The summed E-state index contributed by atoms with van der Waals surface area (Å²) in [6, 6.07) is 18.4. The highest BCUT2D eigenvalue weighted by Crippen LogP contribution is 2.57. The Hall–Kier alpha value is -4.50. The van der Waals surface area contributed by atoms with Crippen LogP contribution in [0.2, 0.25) is 0 Å². The van der Waals surface area contributed by atoms with E-state index in [-0.39, 0.29) is 22.5 Å². The molecule has 2 heterocycles. The molecule has 1 aliphatic carbocycles. The molecule has 3 aromatic carbocycles. The van der Waals surface area contributed by atoms with E-state index in [1.54, 1.807) is 24.3 Å². The van der Waals surface area contributed by atoms with E-state index in [1.807, 2.05) is 19.1 Å². The molecule has 2 saturated heterocycles. The number of Topliss-reactive ketones (excluding diaryl/α,β-unsaturated/α-hetero) is 2. The molecular weight excluding hydrogens is 464 g/mol. The fourth-order valence-electron chi connectivity index (χ4n) is 5.55. The number of amides is 2. The van der Waals surface area contributed by atoms with Crippen molar-refractivity contribution in [2.24, 2.45) is 11.8 Å². The minimum Gasteiger partial charge on any atom is -0.349 e. The van der Waals surface area contributed by atoms with Gasteiger partial charge in [0, 0.05) is 23.3 Å². The molecule has 0 unspecified atom stereocenters. The van der Waals surface area contributed by atoms with Gasteiger partial charge in [-0.05, 0) is 24.6 Å². The number of anilines is 1. The van der Waals surface area contributed by atoms with Crippen molar-refractivity contribution in [2.75, 3.05) is 4.90 Å². The van der Waals surface area contributed by atoms with Gasteiger partial charge >= 0.3 is 0 Å². The monoisotopic (exact) mass is 482 g/mol. The molecule has 6 rings (SSSR count). The maximum atomic E-state index is 13.8. The number of nitro benzene ring substituents is 1. The van der Waals surface area contributed by atoms with Crippen LogP contribution in [0.15, 0.2) is 72.8 Å². The first-order valence-electron chi connectivity index (χ1n) is 11.3. The SMILES string of the molecule is Cc1ccc([C@H]2OC3(C(=O)c4ccccc4C3=O)[C@@H]3C(=O)N(c4ccc([N+](=O)[O-])cc4)C(=O)[C@H]23)cc1. The summed E-state index contributed by atoms with van der Waals surface area (Å²) in [7, 11) is 0. The van der Waals surface area contributed by atoms with Crippen molar-refractivity contribution in [2.45, 2.75) is 18.6 Å². The molecule has 0 aromatic heterocycles. The maximum absolute atomic E-state index is 13.8. The summed E-state index contributed by atoms with van der Waals surface area (Å²) in [5.41, 5.74) is -0.406. The number of imide groups is 1. The third kappa shape index (κ3) is 2.74. The zero-order chi connectivity index (χ0) is 25.4. The van der Waals surface area contributed by atoms with Gasteiger partial charge in [-0.1, -0.05) is 54.1 Å². The molecule has 178 valence electrons. The Bertz CT molecular complexity index is 1460. The number of carbonyl (C=O) groups excluding carboxylic acids is 4. The zero-order valence-electron chi connectivity index (χ0n) is 18.9. The van der Waals surface area contributed by atoms with Crippen LogP contribution < -0.4 is 4.90 Å². The second-order valence-electron chi connectivity index (χ2n) is 9.18. The number of hydrogen-bond donors (Lipinski definition) is 0. The first kappa shape index (κ1) is 22.0. The Kier molecular flexibility index (Phi) is 4.58. The van der Waals surface area contributed by atoms with Crippen LogP contribution in [0.3, 0.4) is 0 Å². The van der Waals surface area contributed by atoms with Gasteiger partial charge in [-0.3, -0.25) is 29.3 Å². The molecular formula is C27H18N2O7. The lowest BCUT2D eigenvalue weighted by molar-refractivity contribution is -0.384. The summed E-state index contributed by atoms with van der Waals surface area (Å²) in [6.45, 7) is 1.89. The van der Waals surface area contributed by atoms with Crippen LogP contribution in [0, 0.1) is 28.9 Å². The van der Waals surface area contributed by atoms with Crippen LogP contribution in [-0.2, 0) is 14.3 Å². The second kappa shape index (κ2) is 7.50. The fourth-order valence-corrected chi connectivity index (χ4v) is 5.55. The molecule has 0 radical (unpaired) electrons. The average Bonchev–Trinajstić information content (AvgIpc) is 3.44. The summed E-state index contributed by atoms with van der Waals surface area (Å²) in [4.78, 5) is 66.4. The molecule has 1 spiro atoms. The van der Waals surface area contributed by atoms with Gasteiger partial charge < -0.3 is 4.74 Å². The smallest absolute Gasteiger partial charge is 0.269 e. The fraction of sp³-hybridized carbons (Fsp3) is 0.185. The number of aryl methyl sites for hydroxylation is 1. The lowest BCUT2D eigenvalue weighted by atomic mass is 9.77. The molecule has 9 heteroatoms. The molecule has 2 aliphatic heterocycles. The number of carbonyl (C=O) groups is 4. The standard InChI is InChI=1S/C27H18N2O7/c1-14-6-8-15(9-7-14)22-20-21(27(36-22)23(30)18-4-2-3-5-19(18)24(27)31)26(33)28(25(20)32)16-10-12-17(13-11-16)29(34)35/h2-13,20-22H,1H3/t20-,21-,22+/m0/s1. The Balaban J connectivity index is 1.51. The van der Waals surface area contributed by atoms with E-state index in [1.165, 1.54) is 36.4 Å². The maximum Gasteiger partial charge on any atom is 0.269 e. The highest BCUT2D eigenvalue weighted by atomic mass is 16.6. The number of benzene rings is 3. The third-order valence-electron chi connectivity index (χ3n) is 7.24. The van der Waals surface area contributed by atoms with Crippen molar-refractivity contribution in [3.8, 4) is 0 Å². The molecule has 3 aromatic rings. The number of hydrogen-bond acceptors (Lipinski definition) is 7. The Morgan fingerprint density at radius 3 is 1.97 bits per heavy atom. The first-order valence-corrected chi connectivity index (χ1v) is 11.3. The van der Waals surface area contributed by atoms with Gasteiger partial charge in [-0.25, -0.2) is 4.90 Å². The molecule has 0 bridgehead atoms. The summed E-state index contributed by atoms with van der Waals surface area (Å²) in [5.74, 6) is -5.16. The molecule has 9 nitrogen and oxygen atoms in total. The number of ether oxygens (including phenoxy) is 1. The minimum absolute atomic E-state index is 0.123. The van der Waals surface area contributed by atoms with Crippen molar-refractivity contribution in [1.29, 1.82) is 0 Å². The highest BCUT2D eigenvalue weighted by molar-refractivity contribution is 6.37. The van der Waals surface area contributed by atoms with E-state index >= 15 is 0 Å². The van der Waals surface area contributed by atoms with E-state index in [2.05, 4.69) is 0 Å². The topological polar surface area (TPSA) is 124 Å². The van der Waals surface area contributed by atoms with Crippen LogP contribution in [0.4, 0.5) is 11.4 Å². The van der Waals surface area contributed by atoms with Gasteiger partial charge in [0.2, 0.25) is 29.0 Å². The highest BCUT2D eigenvalue weighted by Gasteiger charge is 2.74. The lowest BCUT2D eigenvalue weighted by Gasteiger charge is -2.27. The van der Waals surface area contributed by atoms with Crippen molar-refractivity contribution >= 4 is 34.8 Å². The molecule has 0 N–H and O–H groups in total. The van der Waals surface area contributed by atoms with E-state index in [0.717, 1.165) is 10.5 Å². The molecule has 2 fully saturated rings. The second-order valence-corrected chi connectivity index (χ2v) is 9.18. The van der Waals surface area contributed by atoms with Crippen LogP contribution in [-0.4, -0.2) is 33.9 Å². The normalized spacial score (nSPS) is 23.9. The molecule has 2 amide bonds. The van der Waals surface area contributed by atoms with Crippen LogP contribution >= 0.6 is 0 Å². The Labute approximate surface area is 204 Å². The van der Waals surface area contributed by atoms with E-state index < -0.39 is 51.8 Å². The quantitative estimate of drug-likeness (QED) is 0.242. The van der Waals surface area contributed by atoms with E-state index in [4.69, 9.17) is 4.74 Å². The predicted molar refractivity (Wildman–Crippen MR) is 125 cm³/mol. The number of nitrogens with zero attached hydrogens (tertiary/aromatic N) is 2. The van der Waals surface area contributed by atoms with E-state index in [9.17, 15) is 29.3 Å². The van der Waals surface area contributed by atoms with Crippen molar-refractivity contribution in [3.63, 3.8) is 0 Å². The van der Waals surface area contributed by atoms with Crippen LogP contribution in [0.1, 0.15) is 37.9 Å². The summed E-state index contributed by atoms with van der Waals surface area (Å²) in [5, 5.41) is 11.1. The Morgan fingerprint density at radius 2 is 1.42 bits per heavy atom. The van der Waals surface area contributed by atoms with Gasteiger partial charge in [-0.15, -0.1) is 0 Å². The number of ketones is 2. The van der Waals surface area contributed by atoms with Gasteiger partial charge in [-0.2, -0.15) is 0 Å². The van der Waals surface area contributed by atoms with Crippen molar-refractivity contribution < 1.29 is 28.8 Å². The number of fused-ring (bicyclic) bond motifs is 3. The minimum atomic E-state index is -2.16. The summed E-state index contributed by atoms with van der Waals surface area (Å²) in [6.07, 6.45) is -1.02. The van der Waals surface area contributed by atoms with Gasteiger partial charge in [0.1, 0.15) is 0 Å². The Morgan fingerprint density at radius 1 is 0.833 bits per heavy atom. The van der Waals surface area contributed by atoms with Crippen molar-refractivity contribution in [3.05, 3.63) is 105 Å². The van der Waals surface area contributed by atoms with Crippen molar-refractivity contribution in [1.82, 2.24) is 0 Å². The van der Waals surface area contributed by atoms with E-state index in [0.29, 0.717) is 5.56 Å². The molecule has 3 aliphatic rings. The van der Waals surface area contributed by atoms with Gasteiger partial charge in [0.15, 0.2) is 0 Å². The zero-order valence-corrected chi connectivity index (χ0v) is 18.9. The van der Waals surface area contributed by atoms with Gasteiger partial charge in [0.05, 0.1) is 28.6 Å². The number of nitro groups is 1. The molecule has 0 saturated carbocycles.